The van der Waals surface area contributed by atoms with Gasteiger partial charge in [0.25, 0.3) is 0 Å². The van der Waals surface area contributed by atoms with Gasteiger partial charge in [-0.25, -0.2) is 9.18 Å². The predicted molar refractivity (Wildman–Crippen MR) is 117 cm³/mol. The molecule has 2 aliphatic rings. The number of fused-ring (bicyclic) bond motifs is 1. The van der Waals surface area contributed by atoms with Crippen LogP contribution in [0.15, 0.2) is 18.2 Å². The number of halogens is 1. The Morgan fingerprint density at radius 3 is 2.50 bits per heavy atom. The second-order valence-electron chi connectivity index (χ2n) is 9.32. The van der Waals surface area contributed by atoms with E-state index in [0.717, 1.165) is 5.56 Å². The summed E-state index contributed by atoms with van der Waals surface area (Å²) in [5.41, 5.74) is -0.912. The van der Waals surface area contributed by atoms with Crippen molar-refractivity contribution in [3.05, 3.63) is 29.3 Å². The van der Waals surface area contributed by atoms with Crippen molar-refractivity contribution in [1.29, 1.82) is 0 Å². The molecule has 7 nitrogen and oxygen atoms in total. The molecular formula is C24H34FNO6. The highest BCUT2D eigenvalue weighted by Gasteiger charge is 2.61. The van der Waals surface area contributed by atoms with E-state index in [-0.39, 0.29) is 25.3 Å². The molecule has 0 aliphatic carbocycles. The minimum atomic E-state index is -1.64. The zero-order valence-corrected chi connectivity index (χ0v) is 19.8. The van der Waals surface area contributed by atoms with Crippen molar-refractivity contribution in [1.82, 2.24) is 4.90 Å². The molecular weight excluding hydrogens is 417 g/mol. The van der Waals surface area contributed by atoms with Crippen molar-refractivity contribution in [2.45, 2.75) is 71.6 Å². The number of amides is 1. The van der Waals surface area contributed by atoms with E-state index in [9.17, 15) is 9.59 Å². The Labute approximate surface area is 189 Å². The van der Waals surface area contributed by atoms with Crippen LogP contribution in [0.5, 0.6) is 5.75 Å². The van der Waals surface area contributed by atoms with Crippen LogP contribution in [0.3, 0.4) is 0 Å². The highest BCUT2D eigenvalue weighted by Crippen LogP contribution is 2.46. The summed E-state index contributed by atoms with van der Waals surface area (Å²) in [4.78, 5) is 27.5. The summed E-state index contributed by atoms with van der Waals surface area (Å²) in [5.74, 6) is -0.925. The molecule has 0 radical (unpaired) electrons. The molecule has 1 saturated heterocycles. The average molecular weight is 452 g/mol. The molecule has 2 heterocycles. The zero-order chi connectivity index (χ0) is 23.7. The zero-order valence-electron chi connectivity index (χ0n) is 19.8. The minimum Gasteiger partial charge on any atom is -0.482 e. The van der Waals surface area contributed by atoms with E-state index in [0.29, 0.717) is 24.5 Å². The molecule has 1 aromatic rings. The number of carbonyl (C=O) groups is 2. The third-order valence-electron chi connectivity index (χ3n) is 5.78. The summed E-state index contributed by atoms with van der Waals surface area (Å²) < 4.78 is 39.2. The number of nitrogens with zero attached hydrogens (tertiary/aromatic N) is 1. The maximum Gasteiger partial charge on any atom is 0.410 e. The molecule has 0 saturated carbocycles. The quantitative estimate of drug-likeness (QED) is 0.622. The van der Waals surface area contributed by atoms with Crippen LogP contribution >= 0.6 is 0 Å². The molecule has 1 amide bonds. The number of piperidine rings is 1. The van der Waals surface area contributed by atoms with Gasteiger partial charge in [0, 0.05) is 26.2 Å². The summed E-state index contributed by atoms with van der Waals surface area (Å²) >= 11 is 0. The van der Waals surface area contributed by atoms with Gasteiger partial charge in [-0.3, -0.25) is 4.79 Å². The molecule has 1 unspecified atom stereocenters. The van der Waals surface area contributed by atoms with Gasteiger partial charge in [0.05, 0.1) is 12.1 Å². The first kappa shape index (κ1) is 24.5. The molecule has 1 aromatic carbocycles. The number of hydrogen-bond donors (Lipinski definition) is 0. The van der Waals surface area contributed by atoms with E-state index in [4.69, 9.17) is 18.9 Å². The molecule has 0 bridgehead atoms. The molecule has 2 aliphatic heterocycles. The second-order valence-corrected chi connectivity index (χ2v) is 9.32. The molecule has 3 atom stereocenters. The Balaban J connectivity index is 1.98. The molecule has 1 fully saturated rings. The lowest BCUT2D eigenvalue weighted by atomic mass is 9.72. The summed E-state index contributed by atoms with van der Waals surface area (Å²) in [6.07, 6.45) is -3.09. The number of likely N-dealkylation sites (tertiary alicyclic amines) is 1. The fourth-order valence-electron chi connectivity index (χ4n) is 4.36. The number of ketones is 1. The molecule has 0 N–H and O–H groups in total. The number of hydrogen-bond acceptors (Lipinski definition) is 6. The van der Waals surface area contributed by atoms with Gasteiger partial charge in [0.1, 0.15) is 17.3 Å². The smallest absolute Gasteiger partial charge is 0.410 e. The highest BCUT2D eigenvalue weighted by molar-refractivity contribution is 6.02. The lowest BCUT2D eigenvalue weighted by Gasteiger charge is -2.51. The van der Waals surface area contributed by atoms with Crippen LogP contribution in [0.25, 0.3) is 0 Å². The van der Waals surface area contributed by atoms with Crippen LogP contribution in [0.4, 0.5) is 9.18 Å². The number of alkyl halides is 1. The number of benzene rings is 1. The van der Waals surface area contributed by atoms with Crippen LogP contribution in [0.1, 0.15) is 57.0 Å². The number of aryl methyl sites for hydroxylation is 1. The Hall–Kier alpha value is -2.19. The number of ether oxygens (including phenoxy) is 4. The van der Waals surface area contributed by atoms with Crippen molar-refractivity contribution in [2.24, 2.45) is 5.92 Å². The van der Waals surface area contributed by atoms with Crippen LogP contribution < -0.4 is 4.74 Å². The molecule has 32 heavy (non-hydrogen) atoms. The monoisotopic (exact) mass is 451 g/mol. The summed E-state index contributed by atoms with van der Waals surface area (Å²) in [7, 11) is 0. The molecule has 0 aromatic heterocycles. The third-order valence-corrected chi connectivity index (χ3v) is 5.78. The lowest BCUT2D eigenvalue weighted by Crippen LogP contribution is -2.67. The van der Waals surface area contributed by atoms with Crippen molar-refractivity contribution in [3.8, 4) is 5.75 Å². The van der Waals surface area contributed by atoms with Crippen molar-refractivity contribution < 1.29 is 32.9 Å². The first-order valence-electron chi connectivity index (χ1n) is 11.2. The average Bonchev–Trinajstić information content (AvgIpc) is 2.68. The van der Waals surface area contributed by atoms with E-state index in [2.05, 4.69) is 0 Å². The Bertz CT molecular complexity index is 847. The second kappa shape index (κ2) is 9.35. The topological polar surface area (TPSA) is 74.3 Å². The van der Waals surface area contributed by atoms with Crippen LogP contribution in [-0.2, 0) is 14.2 Å². The molecule has 178 valence electrons. The third kappa shape index (κ3) is 4.76. The van der Waals surface area contributed by atoms with Gasteiger partial charge < -0.3 is 23.8 Å². The van der Waals surface area contributed by atoms with Gasteiger partial charge in [-0.2, -0.15) is 0 Å². The number of carbonyl (C=O) groups excluding carboxylic acids is 2. The fraction of sp³-hybridized carbons (Fsp3) is 0.667. The van der Waals surface area contributed by atoms with Crippen molar-refractivity contribution in [3.63, 3.8) is 0 Å². The summed E-state index contributed by atoms with van der Waals surface area (Å²) in [6.45, 7) is 11.3. The molecule has 3 rings (SSSR count). The lowest BCUT2D eigenvalue weighted by molar-refractivity contribution is -0.211. The normalized spacial score (nSPS) is 25.6. The van der Waals surface area contributed by atoms with Gasteiger partial charge in [0.2, 0.25) is 0 Å². The first-order valence-corrected chi connectivity index (χ1v) is 11.2. The van der Waals surface area contributed by atoms with E-state index >= 15 is 4.39 Å². The van der Waals surface area contributed by atoms with Crippen LogP contribution in [-0.4, -0.2) is 66.7 Å². The Morgan fingerprint density at radius 2 is 1.94 bits per heavy atom. The van der Waals surface area contributed by atoms with Gasteiger partial charge in [-0.15, -0.1) is 0 Å². The largest absolute Gasteiger partial charge is 0.482 e. The Kier molecular flexibility index (Phi) is 7.15. The van der Waals surface area contributed by atoms with E-state index in [1.165, 1.54) is 4.90 Å². The predicted octanol–water partition coefficient (Wildman–Crippen LogP) is 4.30. The Morgan fingerprint density at radius 1 is 1.28 bits per heavy atom. The molecule has 8 heteroatoms. The van der Waals surface area contributed by atoms with E-state index < -0.39 is 35.7 Å². The van der Waals surface area contributed by atoms with E-state index in [1.54, 1.807) is 46.8 Å². The van der Waals surface area contributed by atoms with Crippen molar-refractivity contribution in [2.75, 3.05) is 26.3 Å². The maximum absolute atomic E-state index is 16.0. The minimum absolute atomic E-state index is 0.105. The van der Waals surface area contributed by atoms with Gasteiger partial charge in [-0.1, -0.05) is 6.07 Å². The SMILES string of the molecule is CCOC(OCC)C1C(=O)c2ccc(C)cc2O[C@]12CCN(C(=O)OC(C)(C)C)C[C@@H]2F. The van der Waals surface area contributed by atoms with Crippen molar-refractivity contribution >= 4 is 11.9 Å². The first-order chi connectivity index (χ1) is 15.0. The molecule has 1 spiro atoms. The summed E-state index contributed by atoms with van der Waals surface area (Å²) in [6, 6.07) is 5.27. The van der Waals surface area contributed by atoms with Crippen LogP contribution in [0.2, 0.25) is 0 Å². The summed E-state index contributed by atoms with van der Waals surface area (Å²) in [5, 5.41) is 0. The van der Waals surface area contributed by atoms with E-state index in [1.807, 2.05) is 13.0 Å². The van der Waals surface area contributed by atoms with Gasteiger partial charge in [0.15, 0.2) is 23.8 Å². The standard InChI is InChI=1S/C24H34FNO6/c1-7-29-21(30-8-2)19-20(27)16-10-9-15(3)13-17(16)31-24(19)11-12-26(14-18(24)25)22(28)32-23(4,5)6/h9-10,13,18-19,21H,7-8,11-12,14H2,1-6H3/t18-,19?,24-/m0/s1. The maximum atomic E-state index is 16.0. The van der Waals surface area contributed by atoms with Crippen LogP contribution in [0, 0.1) is 12.8 Å². The van der Waals surface area contributed by atoms with Gasteiger partial charge in [-0.05, 0) is 59.2 Å². The van der Waals surface area contributed by atoms with Gasteiger partial charge >= 0.3 is 6.09 Å². The number of rotatable bonds is 5. The fourth-order valence-corrected chi connectivity index (χ4v) is 4.36. The highest BCUT2D eigenvalue weighted by atomic mass is 19.1. The number of Topliss-reactive ketones (excluding diaryl/α,β-unsaturated/α-hetero) is 1.